The fraction of sp³-hybridized carbons (Fsp3) is 0.533. The van der Waals surface area contributed by atoms with E-state index in [9.17, 15) is 0 Å². The second kappa shape index (κ2) is 6.61. The molecule has 2 rings (SSSR count). The molecule has 2 aromatic heterocycles. The van der Waals surface area contributed by atoms with Crippen molar-refractivity contribution < 1.29 is 4.52 Å². The molecule has 2 heterocycles. The van der Waals surface area contributed by atoms with Gasteiger partial charge in [-0.3, -0.25) is 4.98 Å². The van der Waals surface area contributed by atoms with Crippen molar-refractivity contribution in [1.82, 2.24) is 20.4 Å². The van der Waals surface area contributed by atoms with Crippen LogP contribution in [0.1, 0.15) is 44.6 Å². The summed E-state index contributed by atoms with van der Waals surface area (Å²) in [4.78, 5) is 8.86. The summed E-state index contributed by atoms with van der Waals surface area (Å²) < 4.78 is 5.45. The lowest BCUT2D eigenvalue weighted by Gasteiger charge is -2.19. The highest BCUT2D eigenvalue weighted by Crippen LogP contribution is 2.25. The molecular formula is C15H22N4O. The molecule has 1 N–H and O–H groups in total. The molecule has 2 atom stereocenters. The first-order valence-electron chi connectivity index (χ1n) is 7.16. The van der Waals surface area contributed by atoms with Crippen molar-refractivity contribution in [2.75, 3.05) is 6.54 Å². The maximum absolute atomic E-state index is 5.45. The summed E-state index contributed by atoms with van der Waals surface area (Å²) in [6, 6.07) is 4.21. The van der Waals surface area contributed by atoms with Crippen molar-refractivity contribution in [2.24, 2.45) is 0 Å². The van der Waals surface area contributed by atoms with Gasteiger partial charge in [0.1, 0.15) is 5.69 Å². The van der Waals surface area contributed by atoms with Gasteiger partial charge in [0.2, 0.25) is 11.7 Å². The van der Waals surface area contributed by atoms with Crippen LogP contribution in [0, 0.1) is 6.92 Å². The first-order chi connectivity index (χ1) is 9.67. The van der Waals surface area contributed by atoms with Crippen LogP contribution < -0.4 is 5.32 Å². The van der Waals surface area contributed by atoms with E-state index in [4.69, 9.17) is 4.52 Å². The molecule has 0 fully saturated rings. The Kier molecular flexibility index (Phi) is 4.84. The molecule has 0 saturated heterocycles. The van der Waals surface area contributed by atoms with Gasteiger partial charge in [-0.1, -0.05) is 25.1 Å². The van der Waals surface area contributed by atoms with Crippen molar-refractivity contribution >= 4 is 0 Å². The second-order valence-corrected chi connectivity index (χ2v) is 4.99. The van der Waals surface area contributed by atoms with Crippen LogP contribution in [0.2, 0.25) is 0 Å². The number of nitrogens with zero attached hydrogens (tertiary/aromatic N) is 3. The summed E-state index contributed by atoms with van der Waals surface area (Å²) in [6.45, 7) is 9.30. The molecule has 5 nitrogen and oxygen atoms in total. The van der Waals surface area contributed by atoms with Gasteiger partial charge in [0.15, 0.2) is 0 Å². The molecule has 108 valence electrons. The van der Waals surface area contributed by atoms with Gasteiger partial charge in [0.25, 0.3) is 0 Å². The van der Waals surface area contributed by atoms with E-state index < -0.39 is 0 Å². The Bertz CT molecular complexity index is 552. The minimum absolute atomic E-state index is 0.222. The van der Waals surface area contributed by atoms with Gasteiger partial charge >= 0.3 is 0 Å². The van der Waals surface area contributed by atoms with Crippen LogP contribution >= 0.6 is 0 Å². The van der Waals surface area contributed by atoms with E-state index >= 15 is 0 Å². The quantitative estimate of drug-likeness (QED) is 0.877. The molecule has 0 aliphatic heterocycles. The topological polar surface area (TPSA) is 63.8 Å². The van der Waals surface area contributed by atoms with Gasteiger partial charge in [-0.15, -0.1) is 0 Å². The molecular weight excluding hydrogens is 252 g/mol. The number of likely N-dealkylation sites (N-methyl/N-ethyl adjacent to an activating group) is 1. The number of aryl methyl sites for hydroxylation is 1. The standard InChI is InChI=1S/C15H22N4O/c1-5-12(11(4)16-6-2)15-18-14(19-20-15)13-10(3)8-7-9-17-13/h7-9,11-12,16H,5-6H2,1-4H3. The Balaban J connectivity index is 2.26. The van der Waals surface area contributed by atoms with Crippen LogP contribution in [0.15, 0.2) is 22.9 Å². The Morgan fingerprint density at radius 1 is 1.35 bits per heavy atom. The Labute approximate surface area is 119 Å². The average Bonchev–Trinajstić information content (AvgIpc) is 2.90. The molecule has 0 bridgehead atoms. The number of pyridine rings is 1. The third-order valence-electron chi connectivity index (χ3n) is 3.55. The summed E-state index contributed by atoms with van der Waals surface area (Å²) in [6.07, 6.45) is 2.70. The first kappa shape index (κ1) is 14.7. The monoisotopic (exact) mass is 274 g/mol. The van der Waals surface area contributed by atoms with Gasteiger partial charge in [0.05, 0.1) is 5.92 Å². The SMILES string of the molecule is CCNC(C)C(CC)c1nc(-c2ncccc2C)no1. The maximum atomic E-state index is 5.45. The van der Waals surface area contributed by atoms with E-state index in [0.717, 1.165) is 24.2 Å². The molecule has 2 unspecified atom stereocenters. The van der Waals surface area contributed by atoms with Crippen molar-refractivity contribution in [2.45, 2.75) is 46.1 Å². The van der Waals surface area contributed by atoms with E-state index in [1.165, 1.54) is 0 Å². The molecule has 0 spiro atoms. The molecule has 0 aromatic carbocycles. The largest absolute Gasteiger partial charge is 0.339 e. The smallest absolute Gasteiger partial charge is 0.231 e. The summed E-state index contributed by atoms with van der Waals surface area (Å²) in [5.41, 5.74) is 1.83. The highest BCUT2D eigenvalue weighted by Gasteiger charge is 2.24. The second-order valence-electron chi connectivity index (χ2n) is 4.99. The van der Waals surface area contributed by atoms with Crippen LogP contribution in [-0.2, 0) is 0 Å². The molecule has 0 aliphatic rings. The molecule has 2 aromatic rings. The summed E-state index contributed by atoms with van der Waals surface area (Å²) in [5.74, 6) is 1.47. The lowest BCUT2D eigenvalue weighted by Crippen LogP contribution is -2.31. The number of rotatable bonds is 6. The van der Waals surface area contributed by atoms with Crippen LogP contribution in [-0.4, -0.2) is 27.7 Å². The zero-order chi connectivity index (χ0) is 14.5. The fourth-order valence-corrected chi connectivity index (χ4v) is 2.41. The van der Waals surface area contributed by atoms with Crippen molar-refractivity contribution in [3.8, 4) is 11.5 Å². The van der Waals surface area contributed by atoms with Gasteiger partial charge in [-0.25, -0.2) is 0 Å². The van der Waals surface area contributed by atoms with Gasteiger partial charge in [0, 0.05) is 12.2 Å². The summed E-state index contributed by atoms with van der Waals surface area (Å²) in [5, 5.41) is 7.49. The van der Waals surface area contributed by atoms with E-state index in [1.807, 2.05) is 19.1 Å². The van der Waals surface area contributed by atoms with Crippen molar-refractivity contribution in [1.29, 1.82) is 0 Å². The van der Waals surface area contributed by atoms with E-state index in [-0.39, 0.29) is 5.92 Å². The van der Waals surface area contributed by atoms with E-state index in [0.29, 0.717) is 17.8 Å². The molecule has 5 heteroatoms. The van der Waals surface area contributed by atoms with Gasteiger partial charge in [-0.2, -0.15) is 4.98 Å². The number of hydrogen-bond donors (Lipinski definition) is 1. The third-order valence-corrected chi connectivity index (χ3v) is 3.55. The Hall–Kier alpha value is -1.75. The molecule has 0 saturated carbocycles. The van der Waals surface area contributed by atoms with Gasteiger partial charge < -0.3 is 9.84 Å². The first-order valence-corrected chi connectivity index (χ1v) is 7.16. The average molecular weight is 274 g/mol. The normalized spacial score (nSPS) is 14.2. The lowest BCUT2D eigenvalue weighted by molar-refractivity contribution is 0.318. The summed E-state index contributed by atoms with van der Waals surface area (Å²) in [7, 11) is 0. The highest BCUT2D eigenvalue weighted by molar-refractivity contribution is 5.53. The molecule has 20 heavy (non-hydrogen) atoms. The van der Waals surface area contributed by atoms with Crippen LogP contribution in [0.5, 0.6) is 0 Å². The predicted octanol–water partition coefficient (Wildman–Crippen LogP) is 2.93. The van der Waals surface area contributed by atoms with Gasteiger partial charge in [-0.05, 0) is 38.4 Å². The zero-order valence-corrected chi connectivity index (χ0v) is 12.6. The third kappa shape index (κ3) is 3.04. The molecule has 0 radical (unpaired) electrons. The number of hydrogen-bond acceptors (Lipinski definition) is 5. The van der Waals surface area contributed by atoms with Crippen LogP contribution in [0.25, 0.3) is 11.5 Å². The fourth-order valence-electron chi connectivity index (χ4n) is 2.41. The molecule has 0 aliphatic carbocycles. The predicted molar refractivity (Wildman–Crippen MR) is 78.4 cm³/mol. The highest BCUT2D eigenvalue weighted by atomic mass is 16.5. The van der Waals surface area contributed by atoms with Crippen molar-refractivity contribution in [3.63, 3.8) is 0 Å². The lowest BCUT2D eigenvalue weighted by atomic mass is 9.98. The minimum Gasteiger partial charge on any atom is -0.339 e. The zero-order valence-electron chi connectivity index (χ0n) is 12.6. The number of nitrogens with one attached hydrogen (secondary N) is 1. The Morgan fingerprint density at radius 2 is 2.15 bits per heavy atom. The van der Waals surface area contributed by atoms with Crippen LogP contribution in [0.4, 0.5) is 0 Å². The summed E-state index contributed by atoms with van der Waals surface area (Å²) >= 11 is 0. The van der Waals surface area contributed by atoms with E-state index in [2.05, 4.69) is 41.2 Å². The number of aromatic nitrogens is 3. The van der Waals surface area contributed by atoms with Crippen LogP contribution in [0.3, 0.4) is 0 Å². The van der Waals surface area contributed by atoms with Crippen molar-refractivity contribution in [3.05, 3.63) is 29.8 Å². The van der Waals surface area contributed by atoms with E-state index in [1.54, 1.807) is 6.20 Å². The Morgan fingerprint density at radius 3 is 2.80 bits per heavy atom. The molecule has 0 amide bonds. The maximum Gasteiger partial charge on any atom is 0.231 e. The minimum atomic E-state index is 0.222.